The highest BCUT2D eigenvalue weighted by molar-refractivity contribution is 6.33. The van der Waals surface area contributed by atoms with E-state index < -0.39 is 0 Å². The van der Waals surface area contributed by atoms with Crippen molar-refractivity contribution in [3.63, 3.8) is 0 Å². The van der Waals surface area contributed by atoms with E-state index in [1.54, 1.807) is 12.3 Å². The molecule has 1 N–H and O–H groups in total. The molecule has 0 fully saturated rings. The van der Waals surface area contributed by atoms with Gasteiger partial charge in [0.2, 0.25) is 6.79 Å². The first-order chi connectivity index (χ1) is 8.83. The first-order valence-corrected chi connectivity index (χ1v) is 5.92. The number of hydrogen-bond acceptors (Lipinski definition) is 4. The summed E-state index contributed by atoms with van der Waals surface area (Å²) in [6.07, 6.45) is 3.56. The number of ether oxygens (including phenoxy) is 2. The van der Waals surface area contributed by atoms with Gasteiger partial charge in [0, 0.05) is 31.1 Å². The van der Waals surface area contributed by atoms with Gasteiger partial charge < -0.3 is 14.8 Å². The smallest absolute Gasteiger partial charge is 0.231 e. The predicted octanol–water partition coefficient (Wildman–Crippen LogP) is 3.08. The van der Waals surface area contributed by atoms with E-state index >= 15 is 0 Å². The molecular formula is C13H11ClN2O2. The molecule has 0 atom stereocenters. The molecule has 2 heterocycles. The molecule has 92 valence electrons. The molecular weight excluding hydrogens is 252 g/mol. The normalized spacial score (nSPS) is 12.5. The van der Waals surface area contributed by atoms with E-state index in [0.29, 0.717) is 23.1 Å². The summed E-state index contributed by atoms with van der Waals surface area (Å²) in [7, 11) is 0. The highest BCUT2D eigenvalue weighted by atomic mass is 35.5. The van der Waals surface area contributed by atoms with E-state index in [4.69, 9.17) is 21.1 Å². The Labute approximate surface area is 110 Å². The number of pyridine rings is 1. The highest BCUT2D eigenvalue weighted by Gasteiger charge is 2.16. The molecule has 5 heteroatoms. The molecule has 0 amide bonds. The lowest BCUT2D eigenvalue weighted by Crippen LogP contribution is -2.00. The van der Waals surface area contributed by atoms with Gasteiger partial charge in [-0.05, 0) is 11.6 Å². The van der Waals surface area contributed by atoms with Crippen LogP contribution in [-0.4, -0.2) is 11.8 Å². The van der Waals surface area contributed by atoms with E-state index in [9.17, 15) is 0 Å². The van der Waals surface area contributed by atoms with Gasteiger partial charge in [0.15, 0.2) is 11.5 Å². The fourth-order valence-electron chi connectivity index (χ4n) is 1.75. The van der Waals surface area contributed by atoms with Crippen molar-refractivity contribution in [2.24, 2.45) is 0 Å². The molecule has 0 aliphatic carbocycles. The second-order valence-electron chi connectivity index (χ2n) is 3.90. The topological polar surface area (TPSA) is 43.4 Å². The molecule has 4 nitrogen and oxygen atoms in total. The Morgan fingerprint density at radius 3 is 2.89 bits per heavy atom. The number of benzene rings is 1. The van der Waals surface area contributed by atoms with Crippen LogP contribution in [0, 0.1) is 0 Å². The SMILES string of the molecule is Clc1cc2c(cc1NCc1cccnc1)OCO2. The van der Waals surface area contributed by atoms with Crippen molar-refractivity contribution in [1.82, 2.24) is 4.98 Å². The van der Waals surface area contributed by atoms with Gasteiger partial charge in [-0.25, -0.2) is 0 Å². The Morgan fingerprint density at radius 1 is 1.28 bits per heavy atom. The van der Waals surface area contributed by atoms with Crippen molar-refractivity contribution in [1.29, 1.82) is 0 Å². The van der Waals surface area contributed by atoms with Gasteiger partial charge in [0.25, 0.3) is 0 Å². The van der Waals surface area contributed by atoms with Crippen LogP contribution in [0.5, 0.6) is 11.5 Å². The standard InChI is InChI=1S/C13H11ClN2O2/c14-10-4-12-13(18-8-17-12)5-11(10)16-7-9-2-1-3-15-6-9/h1-6,16H,7-8H2. The predicted molar refractivity (Wildman–Crippen MR) is 69.1 cm³/mol. The van der Waals surface area contributed by atoms with E-state index in [1.807, 2.05) is 24.4 Å². The van der Waals surface area contributed by atoms with Crippen molar-refractivity contribution >= 4 is 17.3 Å². The van der Waals surface area contributed by atoms with Crippen LogP contribution in [0.4, 0.5) is 5.69 Å². The molecule has 0 unspecified atom stereocenters. The summed E-state index contributed by atoms with van der Waals surface area (Å²) in [6.45, 7) is 0.908. The van der Waals surface area contributed by atoms with Gasteiger partial charge in [-0.2, -0.15) is 0 Å². The Morgan fingerprint density at radius 2 is 2.11 bits per heavy atom. The monoisotopic (exact) mass is 262 g/mol. The zero-order valence-electron chi connectivity index (χ0n) is 9.52. The quantitative estimate of drug-likeness (QED) is 0.923. The fourth-order valence-corrected chi connectivity index (χ4v) is 1.97. The Balaban J connectivity index is 1.77. The zero-order valence-corrected chi connectivity index (χ0v) is 10.3. The minimum absolute atomic E-state index is 0.248. The second-order valence-corrected chi connectivity index (χ2v) is 4.31. The number of nitrogens with zero attached hydrogens (tertiary/aromatic N) is 1. The first kappa shape index (κ1) is 11.2. The number of anilines is 1. The Kier molecular flexibility index (Phi) is 2.94. The Hall–Kier alpha value is -1.94. The number of fused-ring (bicyclic) bond motifs is 1. The number of halogens is 1. The molecule has 2 aromatic rings. The Bertz CT molecular complexity index is 560. The third kappa shape index (κ3) is 2.19. The molecule has 0 saturated carbocycles. The van der Waals surface area contributed by atoms with Gasteiger partial charge in [-0.3, -0.25) is 4.98 Å². The van der Waals surface area contributed by atoms with Crippen LogP contribution in [0.2, 0.25) is 5.02 Å². The summed E-state index contributed by atoms with van der Waals surface area (Å²) < 4.78 is 10.6. The third-order valence-electron chi connectivity index (χ3n) is 2.67. The van der Waals surface area contributed by atoms with Crippen molar-refractivity contribution in [3.8, 4) is 11.5 Å². The summed E-state index contributed by atoms with van der Waals surface area (Å²) >= 11 is 6.16. The van der Waals surface area contributed by atoms with E-state index in [-0.39, 0.29) is 6.79 Å². The number of hydrogen-bond donors (Lipinski definition) is 1. The largest absolute Gasteiger partial charge is 0.454 e. The van der Waals surface area contributed by atoms with Crippen LogP contribution < -0.4 is 14.8 Å². The average Bonchev–Trinajstić information content (AvgIpc) is 2.84. The molecule has 18 heavy (non-hydrogen) atoms. The molecule has 1 aliphatic heterocycles. The van der Waals surface area contributed by atoms with Crippen LogP contribution in [0.3, 0.4) is 0 Å². The minimum Gasteiger partial charge on any atom is -0.454 e. The lowest BCUT2D eigenvalue weighted by molar-refractivity contribution is 0.174. The lowest BCUT2D eigenvalue weighted by atomic mass is 10.2. The molecule has 0 radical (unpaired) electrons. The van der Waals surface area contributed by atoms with Crippen LogP contribution in [0.25, 0.3) is 0 Å². The molecule has 1 aromatic carbocycles. The maximum absolute atomic E-state index is 6.16. The summed E-state index contributed by atoms with van der Waals surface area (Å²) in [5.74, 6) is 1.40. The molecule has 3 rings (SSSR count). The van der Waals surface area contributed by atoms with Crippen LogP contribution in [0.1, 0.15) is 5.56 Å². The number of aromatic nitrogens is 1. The van der Waals surface area contributed by atoms with Gasteiger partial charge in [-0.1, -0.05) is 17.7 Å². The van der Waals surface area contributed by atoms with Gasteiger partial charge in [0.1, 0.15) is 0 Å². The number of nitrogens with one attached hydrogen (secondary N) is 1. The first-order valence-electron chi connectivity index (χ1n) is 5.55. The van der Waals surface area contributed by atoms with Crippen LogP contribution >= 0.6 is 11.6 Å². The van der Waals surface area contributed by atoms with Crippen molar-refractivity contribution in [2.75, 3.05) is 12.1 Å². The average molecular weight is 263 g/mol. The molecule has 0 spiro atoms. The van der Waals surface area contributed by atoms with Gasteiger partial charge >= 0.3 is 0 Å². The van der Waals surface area contributed by atoms with Crippen molar-refractivity contribution in [2.45, 2.75) is 6.54 Å². The van der Waals surface area contributed by atoms with Crippen LogP contribution in [-0.2, 0) is 6.54 Å². The summed E-state index contributed by atoms with van der Waals surface area (Å²) in [5, 5.41) is 3.87. The van der Waals surface area contributed by atoms with Crippen LogP contribution in [0.15, 0.2) is 36.7 Å². The maximum Gasteiger partial charge on any atom is 0.231 e. The van der Waals surface area contributed by atoms with E-state index in [2.05, 4.69) is 10.3 Å². The minimum atomic E-state index is 0.248. The third-order valence-corrected chi connectivity index (χ3v) is 2.98. The van der Waals surface area contributed by atoms with Gasteiger partial charge in [0.05, 0.1) is 10.7 Å². The summed E-state index contributed by atoms with van der Waals surface area (Å²) in [4.78, 5) is 4.06. The van der Waals surface area contributed by atoms with Crippen molar-refractivity contribution in [3.05, 3.63) is 47.2 Å². The maximum atomic E-state index is 6.16. The lowest BCUT2D eigenvalue weighted by Gasteiger charge is -2.09. The molecule has 0 saturated heterocycles. The molecule has 1 aromatic heterocycles. The zero-order chi connectivity index (χ0) is 12.4. The second kappa shape index (κ2) is 4.74. The number of rotatable bonds is 3. The van der Waals surface area contributed by atoms with E-state index in [1.165, 1.54) is 0 Å². The highest BCUT2D eigenvalue weighted by Crippen LogP contribution is 2.39. The summed E-state index contributed by atoms with van der Waals surface area (Å²) in [5.41, 5.74) is 1.91. The van der Waals surface area contributed by atoms with Gasteiger partial charge in [-0.15, -0.1) is 0 Å². The molecule has 0 bridgehead atoms. The fraction of sp³-hybridized carbons (Fsp3) is 0.154. The molecule has 1 aliphatic rings. The van der Waals surface area contributed by atoms with Crippen molar-refractivity contribution < 1.29 is 9.47 Å². The summed E-state index contributed by atoms with van der Waals surface area (Å²) in [6, 6.07) is 7.51. The van der Waals surface area contributed by atoms with E-state index in [0.717, 1.165) is 11.3 Å².